The summed E-state index contributed by atoms with van der Waals surface area (Å²) < 4.78 is 0. The number of primary amides is 1. The number of carbonyl (C=O) groups is 2. The summed E-state index contributed by atoms with van der Waals surface area (Å²) in [6, 6.07) is 15.5. The first-order chi connectivity index (χ1) is 13.6. The highest BCUT2D eigenvalue weighted by Gasteiger charge is 2.21. The summed E-state index contributed by atoms with van der Waals surface area (Å²) in [5.41, 5.74) is 8.51. The van der Waals surface area contributed by atoms with Crippen LogP contribution in [0.15, 0.2) is 67.0 Å². The first-order valence-electron chi connectivity index (χ1n) is 8.76. The minimum absolute atomic E-state index is 0.150. The summed E-state index contributed by atoms with van der Waals surface area (Å²) in [6.45, 7) is 0. The smallest absolute Gasteiger partial charge is 0.254 e. The zero-order valence-corrected chi connectivity index (χ0v) is 14.9. The third-order valence-corrected chi connectivity index (χ3v) is 4.44. The van der Waals surface area contributed by atoms with Gasteiger partial charge in [0.2, 0.25) is 5.91 Å². The summed E-state index contributed by atoms with van der Waals surface area (Å²) >= 11 is 0. The number of amides is 2. The minimum Gasteiger partial charge on any atom is -0.368 e. The molecule has 0 unspecified atom stereocenters. The number of carbonyl (C=O) groups excluding carboxylic acids is 2. The molecule has 2 aromatic heterocycles. The fourth-order valence-electron chi connectivity index (χ4n) is 3.05. The van der Waals surface area contributed by atoms with E-state index in [1.54, 1.807) is 30.6 Å². The van der Waals surface area contributed by atoms with Gasteiger partial charge in [-0.2, -0.15) is 0 Å². The standard InChI is InChI=1S/C21H17N5O2/c22-20(27)18(11-14-12-24-16-8-1-2-9-17(16)25-14)26-21(28)15-7-3-5-13-6-4-10-23-19(13)15/h1-10,12,18H,11H2,(H2,22,27)(H,26,28)/t18-/m0/s1. The number of nitrogens with one attached hydrogen (secondary N) is 1. The predicted octanol–water partition coefficient (Wildman–Crippen LogP) is 2.00. The third-order valence-electron chi connectivity index (χ3n) is 4.44. The van der Waals surface area contributed by atoms with Gasteiger partial charge in [0.15, 0.2) is 0 Å². The molecule has 0 bridgehead atoms. The highest BCUT2D eigenvalue weighted by atomic mass is 16.2. The van der Waals surface area contributed by atoms with Crippen molar-refractivity contribution >= 4 is 33.8 Å². The van der Waals surface area contributed by atoms with E-state index in [-0.39, 0.29) is 6.42 Å². The number of rotatable bonds is 5. The van der Waals surface area contributed by atoms with Crippen LogP contribution in [0.25, 0.3) is 21.9 Å². The molecule has 0 saturated carbocycles. The maximum absolute atomic E-state index is 12.8. The molecule has 0 fully saturated rings. The molecule has 7 heteroatoms. The van der Waals surface area contributed by atoms with E-state index < -0.39 is 17.9 Å². The quantitative estimate of drug-likeness (QED) is 0.557. The van der Waals surface area contributed by atoms with Crippen LogP contribution in [0.2, 0.25) is 0 Å². The van der Waals surface area contributed by atoms with Crippen LogP contribution in [0, 0.1) is 0 Å². The van der Waals surface area contributed by atoms with Crippen LogP contribution in [0.4, 0.5) is 0 Å². The number of nitrogens with two attached hydrogens (primary N) is 1. The molecule has 138 valence electrons. The molecule has 0 radical (unpaired) electrons. The lowest BCUT2D eigenvalue weighted by Gasteiger charge is -2.16. The fraction of sp³-hybridized carbons (Fsp3) is 0.0952. The Morgan fingerprint density at radius 1 is 0.964 bits per heavy atom. The van der Waals surface area contributed by atoms with Gasteiger partial charge in [0.25, 0.3) is 5.91 Å². The Labute approximate surface area is 160 Å². The van der Waals surface area contributed by atoms with E-state index in [0.717, 1.165) is 10.9 Å². The summed E-state index contributed by atoms with van der Waals surface area (Å²) in [5.74, 6) is -1.06. The van der Waals surface area contributed by atoms with Crippen LogP contribution in [0.5, 0.6) is 0 Å². The normalized spacial score (nSPS) is 12.0. The van der Waals surface area contributed by atoms with Crippen molar-refractivity contribution in [1.82, 2.24) is 20.3 Å². The molecule has 28 heavy (non-hydrogen) atoms. The highest BCUT2D eigenvalue weighted by Crippen LogP contribution is 2.16. The Morgan fingerprint density at radius 2 is 1.75 bits per heavy atom. The maximum atomic E-state index is 12.8. The van der Waals surface area contributed by atoms with Crippen LogP contribution in [-0.4, -0.2) is 32.8 Å². The zero-order chi connectivity index (χ0) is 19.5. The molecule has 2 aromatic carbocycles. The second-order valence-corrected chi connectivity index (χ2v) is 6.36. The number of hydrogen-bond acceptors (Lipinski definition) is 5. The van der Waals surface area contributed by atoms with Gasteiger partial charge in [0, 0.05) is 24.2 Å². The summed E-state index contributed by atoms with van der Waals surface area (Å²) in [7, 11) is 0. The molecule has 0 spiro atoms. The van der Waals surface area contributed by atoms with Crippen molar-refractivity contribution in [2.75, 3.05) is 0 Å². The summed E-state index contributed by atoms with van der Waals surface area (Å²) in [6.07, 6.45) is 3.36. The van der Waals surface area contributed by atoms with Crippen LogP contribution >= 0.6 is 0 Å². The van der Waals surface area contributed by atoms with Gasteiger partial charge in [-0.3, -0.25) is 19.6 Å². The number of nitrogens with zero attached hydrogens (tertiary/aromatic N) is 3. The average molecular weight is 371 g/mol. The second kappa shape index (κ2) is 7.40. The monoisotopic (exact) mass is 371 g/mol. The molecule has 4 rings (SSSR count). The molecule has 0 aliphatic rings. The average Bonchev–Trinajstić information content (AvgIpc) is 2.72. The van der Waals surface area contributed by atoms with Crippen molar-refractivity contribution in [1.29, 1.82) is 0 Å². The van der Waals surface area contributed by atoms with Crippen molar-refractivity contribution in [3.63, 3.8) is 0 Å². The number of para-hydroxylation sites is 3. The minimum atomic E-state index is -0.915. The number of hydrogen-bond donors (Lipinski definition) is 2. The van der Waals surface area contributed by atoms with Crippen molar-refractivity contribution in [3.05, 3.63) is 78.2 Å². The van der Waals surface area contributed by atoms with E-state index >= 15 is 0 Å². The van der Waals surface area contributed by atoms with E-state index in [0.29, 0.717) is 22.3 Å². The largest absolute Gasteiger partial charge is 0.368 e. The molecule has 3 N–H and O–H groups in total. The van der Waals surface area contributed by atoms with Gasteiger partial charge in [-0.25, -0.2) is 4.98 Å². The lowest BCUT2D eigenvalue weighted by atomic mass is 10.1. The van der Waals surface area contributed by atoms with Crippen molar-refractivity contribution in [2.45, 2.75) is 12.5 Å². The predicted molar refractivity (Wildman–Crippen MR) is 105 cm³/mol. The molecule has 7 nitrogen and oxygen atoms in total. The molecule has 0 aliphatic heterocycles. The topological polar surface area (TPSA) is 111 Å². The van der Waals surface area contributed by atoms with Gasteiger partial charge in [-0.1, -0.05) is 30.3 Å². The van der Waals surface area contributed by atoms with Gasteiger partial charge < -0.3 is 11.1 Å². The zero-order valence-electron chi connectivity index (χ0n) is 14.9. The molecule has 1 atom stereocenters. The molecule has 2 heterocycles. The Bertz CT molecular complexity index is 1190. The maximum Gasteiger partial charge on any atom is 0.254 e. The van der Waals surface area contributed by atoms with E-state index in [1.807, 2.05) is 36.4 Å². The van der Waals surface area contributed by atoms with E-state index in [2.05, 4.69) is 20.3 Å². The first-order valence-corrected chi connectivity index (χ1v) is 8.76. The van der Waals surface area contributed by atoms with Gasteiger partial charge in [-0.15, -0.1) is 0 Å². The number of aromatic nitrogens is 3. The first kappa shape index (κ1) is 17.5. The van der Waals surface area contributed by atoms with E-state index in [1.165, 1.54) is 0 Å². The van der Waals surface area contributed by atoms with Crippen LogP contribution in [-0.2, 0) is 11.2 Å². The second-order valence-electron chi connectivity index (χ2n) is 6.36. The lowest BCUT2D eigenvalue weighted by molar-refractivity contribution is -0.119. The molecule has 0 aliphatic carbocycles. The van der Waals surface area contributed by atoms with E-state index in [9.17, 15) is 9.59 Å². The van der Waals surface area contributed by atoms with Crippen molar-refractivity contribution in [2.24, 2.45) is 5.73 Å². The fourth-order valence-corrected chi connectivity index (χ4v) is 3.05. The molecular weight excluding hydrogens is 354 g/mol. The summed E-state index contributed by atoms with van der Waals surface area (Å²) in [5, 5.41) is 3.54. The number of fused-ring (bicyclic) bond motifs is 2. The SMILES string of the molecule is NC(=O)[C@H](Cc1cnc2ccccc2n1)NC(=O)c1cccc2cccnc12. The number of benzene rings is 2. The van der Waals surface area contributed by atoms with Crippen LogP contribution in [0.3, 0.4) is 0 Å². The highest BCUT2D eigenvalue weighted by molar-refractivity contribution is 6.06. The number of pyridine rings is 1. The van der Waals surface area contributed by atoms with Crippen LogP contribution < -0.4 is 11.1 Å². The third kappa shape index (κ3) is 3.50. The van der Waals surface area contributed by atoms with Gasteiger partial charge in [-0.05, 0) is 24.3 Å². The molecule has 4 aromatic rings. The lowest BCUT2D eigenvalue weighted by Crippen LogP contribution is -2.46. The Morgan fingerprint density at radius 3 is 2.57 bits per heavy atom. The molecular formula is C21H17N5O2. The molecule has 2 amide bonds. The van der Waals surface area contributed by atoms with Crippen molar-refractivity contribution in [3.8, 4) is 0 Å². The Kier molecular flexibility index (Phi) is 4.63. The van der Waals surface area contributed by atoms with Gasteiger partial charge in [0.05, 0.1) is 27.8 Å². The van der Waals surface area contributed by atoms with Gasteiger partial charge in [0.1, 0.15) is 6.04 Å². The van der Waals surface area contributed by atoms with Gasteiger partial charge >= 0.3 is 0 Å². The Balaban J connectivity index is 1.59. The molecule has 0 saturated heterocycles. The Hall–Kier alpha value is -3.87. The van der Waals surface area contributed by atoms with Crippen molar-refractivity contribution < 1.29 is 9.59 Å². The van der Waals surface area contributed by atoms with E-state index in [4.69, 9.17) is 5.73 Å². The van der Waals surface area contributed by atoms with Crippen LogP contribution in [0.1, 0.15) is 16.1 Å². The summed E-state index contributed by atoms with van der Waals surface area (Å²) in [4.78, 5) is 37.8.